The summed E-state index contributed by atoms with van der Waals surface area (Å²) in [6, 6.07) is 0. The monoisotopic (exact) mass is 160 g/mol. The Balaban J connectivity index is 3.58. The van der Waals surface area contributed by atoms with Crippen molar-refractivity contribution in [3.05, 3.63) is 23.2 Å². The first-order valence-corrected chi connectivity index (χ1v) is 3.00. The van der Waals surface area contributed by atoms with E-state index in [1.807, 2.05) is 0 Å². The van der Waals surface area contributed by atoms with Crippen LogP contribution in [0.3, 0.4) is 0 Å². The fraction of sp³-hybridized carbons (Fsp3) is 0.333. The largest absolute Gasteiger partial charge is 0.0947 e. The van der Waals surface area contributed by atoms with Crippen LogP contribution in [0.15, 0.2) is 23.2 Å². The van der Waals surface area contributed by atoms with Gasteiger partial charge in [0, 0.05) is 4.48 Å². The fourth-order valence-electron chi connectivity index (χ4n) is 0.192. The topological polar surface area (TPSA) is 0 Å². The number of hydrogen-bond donors (Lipinski definition) is 0. The lowest BCUT2D eigenvalue weighted by Gasteiger charge is -1.93. The van der Waals surface area contributed by atoms with Crippen LogP contribution >= 0.6 is 15.9 Å². The van der Waals surface area contributed by atoms with E-state index in [0.717, 1.165) is 16.5 Å². The van der Waals surface area contributed by atoms with Crippen LogP contribution in [0.1, 0.15) is 13.3 Å². The highest BCUT2D eigenvalue weighted by Gasteiger charge is 1.87. The summed E-state index contributed by atoms with van der Waals surface area (Å²) < 4.78 is 0.912. The van der Waals surface area contributed by atoms with E-state index in [9.17, 15) is 0 Å². The number of hydrogen-bond acceptors (Lipinski definition) is 0. The summed E-state index contributed by atoms with van der Waals surface area (Å²) in [6.07, 6.45) is 0.976. The van der Waals surface area contributed by atoms with Gasteiger partial charge in [-0.1, -0.05) is 36.0 Å². The van der Waals surface area contributed by atoms with Crippen LogP contribution in [0.4, 0.5) is 0 Å². The standard InChI is InChI=1S/C6H9Br/c1-4-5(2)6(3)7/h2-4H2,1H3. The molecule has 0 saturated heterocycles. The van der Waals surface area contributed by atoms with Crippen LogP contribution in [0.25, 0.3) is 0 Å². The lowest BCUT2D eigenvalue weighted by Crippen LogP contribution is -1.71. The molecule has 0 radical (unpaired) electrons. The first-order valence-electron chi connectivity index (χ1n) is 2.21. The Bertz CT molecular complexity index is 92.4. The summed E-state index contributed by atoms with van der Waals surface area (Å²) in [5, 5.41) is 0. The third-order valence-corrected chi connectivity index (χ3v) is 1.37. The maximum absolute atomic E-state index is 3.73. The fourth-order valence-corrected chi connectivity index (χ4v) is 0.472. The van der Waals surface area contributed by atoms with Crippen LogP contribution in [0.5, 0.6) is 0 Å². The van der Waals surface area contributed by atoms with Crippen molar-refractivity contribution in [1.82, 2.24) is 0 Å². The number of allylic oxidation sites excluding steroid dienone is 2. The Hall–Kier alpha value is -0.0400. The van der Waals surface area contributed by atoms with Gasteiger partial charge in [-0.15, -0.1) is 0 Å². The van der Waals surface area contributed by atoms with Gasteiger partial charge in [0.1, 0.15) is 0 Å². The summed E-state index contributed by atoms with van der Waals surface area (Å²) in [7, 11) is 0. The van der Waals surface area contributed by atoms with Crippen molar-refractivity contribution in [3.8, 4) is 0 Å². The van der Waals surface area contributed by atoms with Gasteiger partial charge in [0.05, 0.1) is 0 Å². The zero-order valence-corrected chi connectivity index (χ0v) is 6.09. The smallest absolute Gasteiger partial charge is 0.0129 e. The molecule has 1 heteroatoms. The lowest BCUT2D eigenvalue weighted by atomic mass is 10.2. The van der Waals surface area contributed by atoms with Crippen molar-refractivity contribution in [2.24, 2.45) is 0 Å². The van der Waals surface area contributed by atoms with E-state index in [-0.39, 0.29) is 0 Å². The van der Waals surface area contributed by atoms with Gasteiger partial charge in [-0.3, -0.25) is 0 Å². The Kier molecular flexibility index (Phi) is 3.01. The molecule has 0 N–H and O–H groups in total. The quantitative estimate of drug-likeness (QED) is 0.546. The van der Waals surface area contributed by atoms with Crippen LogP contribution in [-0.2, 0) is 0 Å². The summed E-state index contributed by atoms with van der Waals surface area (Å²) >= 11 is 3.21. The predicted molar refractivity (Wildman–Crippen MR) is 37.5 cm³/mol. The van der Waals surface area contributed by atoms with Crippen molar-refractivity contribution in [2.45, 2.75) is 13.3 Å². The molecule has 0 unspecified atom stereocenters. The zero-order valence-electron chi connectivity index (χ0n) is 4.50. The highest BCUT2D eigenvalue weighted by molar-refractivity contribution is 9.11. The number of halogens is 1. The molecule has 0 aliphatic carbocycles. The summed E-state index contributed by atoms with van der Waals surface area (Å²) in [5.74, 6) is 0. The van der Waals surface area contributed by atoms with Crippen molar-refractivity contribution >= 4 is 15.9 Å². The molecule has 0 aromatic carbocycles. The third kappa shape index (κ3) is 2.63. The molecule has 0 fully saturated rings. The Morgan fingerprint density at radius 3 is 2.00 bits per heavy atom. The lowest BCUT2D eigenvalue weighted by molar-refractivity contribution is 1.16. The van der Waals surface area contributed by atoms with Gasteiger partial charge in [0.15, 0.2) is 0 Å². The Labute approximate surface area is 53.1 Å². The second-order valence-electron chi connectivity index (χ2n) is 1.36. The minimum Gasteiger partial charge on any atom is -0.0947 e. The first-order chi connectivity index (χ1) is 3.18. The van der Waals surface area contributed by atoms with Gasteiger partial charge in [0.2, 0.25) is 0 Å². The van der Waals surface area contributed by atoms with Gasteiger partial charge in [-0.2, -0.15) is 0 Å². The highest BCUT2D eigenvalue weighted by atomic mass is 79.9. The normalized spacial score (nSPS) is 8.29. The minimum absolute atomic E-state index is 0.912. The van der Waals surface area contributed by atoms with Gasteiger partial charge in [-0.25, -0.2) is 0 Å². The molecule has 0 nitrogen and oxygen atoms in total. The van der Waals surface area contributed by atoms with E-state index in [1.165, 1.54) is 0 Å². The first kappa shape index (κ1) is 6.96. The molecule has 0 heterocycles. The van der Waals surface area contributed by atoms with Crippen molar-refractivity contribution in [2.75, 3.05) is 0 Å². The molecule has 7 heavy (non-hydrogen) atoms. The molecule has 40 valence electrons. The molecule has 0 aliphatic heterocycles. The van der Waals surface area contributed by atoms with Crippen molar-refractivity contribution in [1.29, 1.82) is 0 Å². The summed E-state index contributed by atoms with van der Waals surface area (Å²) in [6.45, 7) is 9.42. The molecule has 0 aromatic rings. The molecular weight excluding hydrogens is 152 g/mol. The molecular formula is C6H9Br. The molecule has 0 aliphatic rings. The van der Waals surface area contributed by atoms with E-state index in [4.69, 9.17) is 0 Å². The molecule has 0 atom stereocenters. The molecule has 0 rings (SSSR count). The van der Waals surface area contributed by atoms with Crippen molar-refractivity contribution < 1.29 is 0 Å². The van der Waals surface area contributed by atoms with E-state index >= 15 is 0 Å². The number of rotatable bonds is 2. The maximum Gasteiger partial charge on any atom is 0.0129 e. The average Bonchev–Trinajstić information content (AvgIpc) is 1.65. The van der Waals surface area contributed by atoms with Gasteiger partial charge in [-0.05, 0) is 12.0 Å². The predicted octanol–water partition coefficient (Wildman–Crippen LogP) is 2.86. The third-order valence-electron chi connectivity index (χ3n) is 0.810. The van der Waals surface area contributed by atoms with Crippen LogP contribution < -0.4 is 0 Å². The second kappa shape index (κ2) is 3.03. The van der Waals surface area contributed by atoms with E-state index in [2.05, 4.69) is 36.0 Å². The Morgan fingerprint density at radius 2 is 2.00 bits per heavy atom. The van der Waals surface area contributed by atoms with Crippen LogP contribution in [0.2, 0.25) is 0 Å². The highest BCUT2D eigenvalue weighted by Crippen LogP contribution is 2.14. The molecule has 0 bridgehead atoms. The molecule has 0 spiro atoms. The van der Waals surface area contributed by atoms with Gasteiger partial charge >= 0.3 is 0 Å². The zero-order chi connectivity index (χ0) is 5.86. The minimum atomic E-state index is 0.912. The van der Waals surface area contributed by atoms with E-state index in [0.29, 0.717) is 0 Å². The summed E-state index contributed by atoms with van der Waals surface area (Å²) in [4.78, 5) is 0. The molecule has 0 amide bonds. The van der Waals surface area contributed by atoms with E-state index in [1.54, 1.807) is 0 Å². The SMILES string of the molecule is C=C(Br)C(=C)CC. The molecule has 0 saturated carbocycles. The molecule has 0 aromatic heterocycles. The average molecular weight is 161 g/mol. The van der Waals surface area contributed by atoms with Crippen LogP contribution in [-0.4, -0.2) is 0 Å². The summed E-state index contributed by atoms with van der Waals surface area (Å²) in [5.41, 5.74) is 1.07. The van der Waals surface area contributed by atoms with Crippen LogP contribution in [0, 0.1) is 0 Å². The second-order valence-corrected chi connectivity index (χ2v) is 2.32. The van der Waals surface area contributed by atoms with Gasteiger partial charge in [0.25, 0.3) is 0 Å². The maximum atomic E-state index is 3.73. The Morgan fingerprint density at radius 1 is 1.57 bits per heavy atom. The van der Waals surface area contributed by atoms with Crippen molar-refractivity contribution in [3.63, 3.8) is 0 Å². The van der Waals surface area contributed by atoms with E-state index < -0.39 is 0 Å². The van der Waals surface area contributed by atoms with Gasteiger partial charge < -0.3 is 0 Å².